The first-order valence-electron chi connectivity index (χ1n) is 5.67. The van der Waals surface area contributed by atoms with Crippen LogP contribution in [0.15, 0.2) is 10.5 Å². The van der Waals surface area contributed by atoms with Crippen LogP contribution >= 0.6 is 0 Å². The lowest BCUT2D eigenvalue weighted by Gasteiger charge is -2.04. The second-order valence-corrected chi connectivity index (χ2v) is 5.71. The first-order chi connectivity index (χ1) is 10.2. The van der Waals surface area contributed by atoms with Crippen molar-refractivity contribution >= 4 is 39.2 Å². The summed E-state index contributed by atoms with van der Waals surface area (Å²) in [7, 11) is -4.54. The molecule has 0 atom stereocenters. The first kappa shape index (κ1) is 14.3. The summed E-state index contributed by atoms with van der Waals surface area (Å²) in [5, 5.41) is 0. The summed E-state index contributed by atoms with van der Waals surface area (Å²) in [5.41, 5.74) is 0.499. The highest BCUT2D eigenvalue weighted by atomic mass is 32.2. The van der Waals surface area contributed by atoms with Crippen molar-refractivity contribution in [3.63, 3.8) is 0 Å². The van der Waals surface area contributed by atoms with Gasteiger partial charge in [0.2, 0.25) is 11.5 Å². The standard InChI is InChI=1S/C11H6O10S/c12-6(2-18-7(13)3-22(15,16)17)20-9-5-1-4-8(19-5)10(9)21-11(4)14/h1H,2-3H2,(H,15,16,17). The summed E-state index contributed by atoms with van der Waals surface area (Å²) in [6, 6.07) is 1.33. The Kier molecular flexibility index (Phi) is 3.04. The molecule has 0 saturated carbocycles. The number of ether oxygens (including phenoxy) is 3. The van der Waals surface area contributed by atoms with Crippen molar-refractivity contribution in [2.45, 2.75) is 0 Å². The van der Waals surface area contributed by atoms with Crippen molar-refractivity contribution in [1.82, 2.24) is 0 Å². The van der Waals surface area contributed by atoms with Crippen LogP contribution in [0.4, 0.5) is 0 Å². The zero-order valence-corrected chi connectivity index (χ0v) is 11.3. The Morgan fingerprint density at radius 1 is 1.27 bits per heavy atom. The summed E-state index contributed by atoms with van der Waals surface area (Å²) in [5.74, 6) is -4.44. The van der Waals surface area contributed by atoms with Crippen LogP contribution in [0.1, 0.15) is 10.4 Å². The van der Waals surface area contributed by atoms with Gasteiger partial charge >= 0.3 is 17.9 Å². The lowest BCUT2D eigenvalue weighted by Crippen LogP contribution is -2.23. The number of hydrogen-bond donors (Lipinski definition) is 1. The Morgan fingerprint density at radius 3 is 2.68 bits per heavy atom. The van der Waals surface area contributed by atoms with Crippen molar-refractivity contribution in [1.29, 1.82) is 0 Å². The van der Waals surface area contributed by atoms with Gasteiger partial charge in [0.1, 0.15) is 5.56 Å². The third-order valence-electron chi connectivity index (χ3n) is 2.65. The van der Waals surface area contributed by atoms with Gasteiger partial charge < -0.3 is 18.6 Å². The molecule has 10 nitrogen and oxygen atoms in total. The average Bonchev–Trinajstić information content (AvgIpc) is 2.99. The molecule has 2 aromatic rings. The largest absolute Gasteiger partial charge is 0.453 e. The zero-order valence-electron chi connectivity index (χ0n) is 10.5. The highest BCUT2D eigenvalue weighted by Crippen LogP contribution is 2.48. The fourth-order valence-corrected chi connectivity index (χ4v) is 2.23. The predicted octanol–water partition coefficient (Wildman–Crippen LogP) is -0.260. The molecule has 22 heavy (non-hydrogen) atoms. The Labute approximate surface area is 121 Å². The molecule has 0 aliphatic carbocycles. The molecular formula is C11H6O10S. The molecule has 0 saturated heterocycles. The summed E-state index contributed by atoms with van der Waals surface area (Å²) in [6.07, 6.45) is 0. The normalized spacial score (nSPS) is 13.4. The summed E-state index contributed by atoms with van der Waals surface area (Å²) < 4.78 is 48.4. The summed E-state index contributed by atoms with van der Waals surface area (Å²) >= 11 is 0. The second kappa shape index (κ2) is 4.68. The maximum absolute atomic E-state index is 11.5. The van der Waals surface area contributed by atoms with E-state index < -0.39 is 40.4 Å². The fourth-order valence-electron chi connectivity index (χ4n) is 1.85. The van der Waals surface area contributed by atoms with E-state index in [4.69, 9.17) is 18.4 Å². The van der Waals surface area contributed by atoms with Gasteiger partial charge in [-0.15, -0.1) is 0 Å². The maximum atomic E-state index is 11.5. The van der Waals surface area contributed by atoms with Gasteiger partial charge in [0.15, 0.2) is 23.5 Å². The topological polar surface area (TPSA) is 146 Å². The molecule has 2 bridgehead atoms. The van der Waals surface area contributed by atoms with Gasteiger partial charge in [-0.05, 0) is 0 Å². The molecule has 0 amide bonds. The summed E-state index contributed by atoms with van der Waals surface area (Å²) in [4.78, 5) is 33.9. The van der Waals surface area contributed by atoms with E-state index in [0.717, 1.165) is 0 Å². The Hall–Kier alpha value is -2.66. The SMILES string of the molecule is O=C(CS(=O)(=O)O)OCC(=O)Oc1c2c3oc1cc3C(=O)O2. The monoisotopic (exact) mass is 330 g/mol. The number of carbonyl (C=O) groups is 3. The van der Waals surface area contributed by atoms with Gasteiger partial charge in [-0.1, -0.05) is 0 Å². The molecule has 2 aromatic heterocycles. The number of fused-ring (bicyclic) bond motifs is 1. The quantitative estimate of drug-likeness (QED) is 0.441. The number of furan rings is 2. The molecule has 0 spiro atoms. The zero-order chi connectivity index (χ0) is 16.1. The van der Waals surface area contributed by atoms with E-state index in [9.17, 15) is 22.8 Å². The predicted molar refractivity (Wildman–Crippen MR) is 65.4 cm³/mol. The third kappa shape index (κ3) is 2.46. The minimum Gasteiger partial charge on any atom is -0.453 e. The number of benzene rings is 1. The Morgan fingerprint density at radius 2 is 2.00 bits per heavy atom. The number of hydrogen-bond acceptors (Lipinski definition) is 9. The van der Waals surface area contributed by atoms with Crippen LogP contribution in [-0.2, 0) is 24.4 Å². The molecule has 116 valence electrons. The highest BCUT2D eigenvalue weighted by Gasteiger charge is 2.36. The maximum Gasteiger partial charge on any atom is 0.349 e. The van der Waals surface area contributed by atoms with Crippen molar-refractivity contribution in [3.8, 4) is 11.5 Å². The molecule has 1 N–H and O–H groups in total. The molecular weight excluding hydrogens is 324 g/mol. The van der Waals surface area contributed by atoms with Crippen molar-refractivity contribution in [2.24, 2.45) is 0 Å². The highest BCUT2D eigenvalue weighted by molar-refractivity contribution is 7.86. The van der Waals surface area contributed by atoms with Gasteiger partial charge in [0, 0.05) is 6.07 Å². The van der Waals surface area contributed by atoms with E-state index in [1.807, 2.05) is 0 Å². The van der Waals surface area contributed by atoms with Crippen molar-refractivity contribution < 1.29 is 46.0 Å². The summed E-state index contributed by atoms with van der Waals surface area (Å²) in [6.45, 7) is -0.891. The van der Waals surface area contributed by atoms with Crippen LogP contribution in [0.2, 0.25) is 0 Å². The van der Waals surface area contributed by atoms with Crippen molar-refractivity contribution in [2.75, 3.05) is 12.4 Å². The van der Waals surface area contributed by atoms with E-state index in [0.29, 0.717) is 0 Å². The van der Waals surface area contributed by atoms with Crippen LogP contribution in [-0.4, -0.2) is 43.2 Å². The number of carbonyl (C=O) groups excluding carboxylic acids is 3. The second-order valence-electron chi connectivity index (χ2n) is 4.26. The Bertz CT molecular complexity index is 889. The van der Waals surface area contributed by atoms with E-state index in [1.54, 1.807) is 0 Å². The van der Waals surface area contributed by atoms with Gasteiger partial charge in [0.25, 0.3) is 10.1 Å². The molecule has 11 heteroatoms. The van der Waals surface area contributed by atoms with E-state index >= 15 is 0 Å². The van der Waals surface area contributed by atoms with Gasteiger partial charge in [-0.2, -0.15) is 8.42 Å². The van der Waals surface area contributed by atoms with Crippen molar-refractivity contribution in [3.05, 3.63) is 11.6 Å². The molecule has 0 fully saturated rings. The Balaban J connectivity index is 1.61. The molecule has 0 radical (unpaired) electrons. The fraction of sp³-hybridized carbons (Fsp3) is 0.182. The van der Waals surface area contributed by atoms with E-state index in [1.165, 1.54) is 6.07 Å². The van der Waals surface area contributed by atoms with Gasteiger partial charge in [-0.25, -0.2) is 9.59 Å². The molecule has 3 rings (SSSR count). The third-order valence-corrected chi connectivity index (χ3v) is 3.25. The minimum atomic E-state index is -4.54. The molecule has 3 heterocycles. The average molecular weight is 330 g/mol. The lowest BCUT2D eigenvalue weighted by molar-refractivity contribution is -0.151. The lowest BCUT2D eigenvalue weighted by atomic mass is 10.2. The molecule has 0 unspecified atom stereocenters. The van der Waals surface area contributed by atoms with Gasteiger partial charge in [-0.3, -0.25) is 9.35 Å². The van der Waals surface area contributed by atoms with Crippen LogP contribution in [0.3, 0.4) is 0 Å². The van der Waals surface area contributed by atoms with Crippen LogP contribution in [0.5, 0.6) is 11.5 Å². The smallest absolute Gasteiger partial charge is 0.349 e. The van der Waals surface area contributed by atoms with Crippen LogP contribution < -0.4 is 9.47 Å². The van der Waals surface area contributed by atoms with E-state index in [2.05, 4.69) is 4.74 Å². The number of esters is 3. The first-order valence-corrected chi connectivity index (χ1v) is 7.28. The molecule has 1 aliphatic rings. The van der Waals surface area contributed by atoms with E-state index in [-0.39, 0.29) is 28.2 Å². The van der Waals surface area contributed by atoms with Crippen LogP contribution in [0, 0.1) is 0 Å². The molecule has 1 aliphatic heterocycles. The number of rotatable bonds is 5. The van der Waals surface area contributed by atoms with Gasteiger partial charge in [0.05, 0.1) is 0 Å². The minimum absolute atomic E-state index is 0.0323. The molecule has 0 aromatic carbocycles. The van der Waals surface area contributed by atoms with Crippen LogP contribution in [0.25, 0.3) is 11.2 Å².